The molecule has 0 aromatic heterocycles. The summed E-state index contributed by atoms with van der Waals surface area (Å²) in [4.78, 5) is 30.9. The molecule has 26 heavy (non-hydrogen) atoms. The van der Waals surface area contributed by atoms with Gasteiger partial charge < -0.3 is 43.9 Å². The molecule has 0 saturated carbocycles. The third-order valence-electron chi connectivity index (χ3n) is 3.11. The molecule has 0 unspecified atom stereocenters. The van der Waals surface area contributed by atoms with Crippen LogP contribution in [0.25, 0.3) is 0 Å². The number of carbonyl (C=O) groups excluding carboxylic acids is 2. The normalized spacial score (nSPS) is 12.5. The Morgan fingerprint density at radius 3 is 1.38 bits per heavy atom. The van der Waals surface area contributed by atoms with E-state index in [0.717, 1.165) is 0 Å². The predicted octanol–water partition coefficient (Wildman–Crippen LogP) is -3.17. The van der Waals surface area contributed by atoms with Gasteiger partial charge in [-0.1, -0.05) is 0 Å². The summed E-state index contributed by atoms with van der Waals surface area (Å²) in [6.45, 7) is 0.545. The molecule has 0 radical (unpaired) electrons. The van der Waals surface area contributed by atoms with Crippen molar-refractivity contribution in [1.82, 2.24) is 0 Å². The molecule has 12 nitrogen and oxygen atoms in total. The highest BCUT2D eigenvalue weighted by molar-refractivity contribution is 5.77. The first-order valence-corrected chi connectivity index (χ1v) is 8.19. The molecular formula is C14H30N8O4. The Hall–Kier alpha value is -2.60. The Morgan fingerprint density at radius 2 is 1.08 bits per heavy atom. The molecule has 12 N–H and O–H groups in total. The molecular weight excluding hydrogens is 344 g/mol. The van der Waals surface area contributed by atoms with Crippen LogP contribution in [0.5, 0.6) is 0 Å². The predicted molar refractivity (Wildman–Crippen MR) is 97.7 cm³/mol. The lowest BCUT2D eigenvalue weighted by atomic mass is 10.2. The summed E-state index contributed by atoms with van der Waals surface area (Å²) in [7, 11) is 0. The number of nitrogens with two attached hydrogens (primary N) is 6. The molecule has 0 aromatic carbocycles. The van der Waals surface area contributed by atoms with E-state index in [9.17, 15) is 9.59 Å². The number of rotatable bonds is 13. The molecule has 0 aliphatic rings. The van der Waals surface area contributed by atoms with Crippen LogP contribution < -0.4 is 34.4 Å². The summed E-state index contributed by atoms with van der Waals surface area (Å²) >= 11 is 0. The van der Waals surface area contributed by atoms with Crippen LogP contribution in [0.15, 0.2) is 9.98 Å². The molecule has 150 valence electrons. The largest absolute Gasteiger partial charge is 0.461 e. The van der Waals surface area contributed by atoms with Crippen LogP contribution in [0.2, 0.25) is 0 Å². The maximum atomic E-state index is 11.6. The van der Waals surface area contributed by atoms with Crippen LogP contribution in [0.1, 0.15) is 25.7 Å². The number of esters is 2. The fourth-order valence-corrected chi connectivity index (χ4v) is 1.77. The van der Waals surface area contributed by atoms with Gasteiger partial charge in [-0.25, -0.2) is 0 Å². The number of hydrogen-bond donors (Lipinski definition) is 6. The van der Waals surface area contributed by atoms with Gasteiger partial charge >= 0.3 is 11.9 Å². The van der Waals surface area contributed by atoms with Crippen molar-refractivity contribution in [2.45, 2.75) is 37.8 Å². The standard InChI is InChI=1S/C14H30N8O4/c15-9(3-1-5-21-13(17)18)11(23)25-7-8-26-12(24)10(16)4-2-6-22-14(19)20/h9-10H,1-8,15-16H2,(H4,17,18,21)(H4,19,20,22)/t9-,10-/m0/s1. The van der Waals surface area contributed by atoms with Gasteiger partial charge in [0.1, 0.15) is 25.3 Å². The monoisotopic (exact) mass is 374 g/mol. The van der Waals surface area contributed by atoms with E-state index in [1.54, 1.807) is 0 Å². The molecule has 0 spiro atoms. The summed E-state index contributed by atoms with van der Waals surface area (Å²) in [5.41, 5.74) is 32.1. The van der Waals surface area contributed by atoms with Crippen molar-refractivity contribution in [3.63, 3.8) is 0 Å². The van der Waals surface area contributed by atoms with Crippen molar-refractivity contribution < 1.29 is 19.1 Å². The van der Waals surface area contributed by atoms with Crippen molar-refractivity contribution >= 4 is 23.9 Å². The Balaban J connectivity index is 3.81. The maximum absolute atomic E-state index is 11.6. The number of ether oxygens (including phenoxy) is 2. The zero-order valence-electron chi connectivity index (χ0n) is 14.8. The first-order valence-electron chi connectivity index (χ1n) is 8.19. The summed E-state index contributed by atoms with van der Waals surface area (Å²) in [6.07, 6.45) is 1.82. The lowest BCUT2D eigenvalue weighted by Gasteiger charge is -2.13. The van der Waals surface area contributed by atoms with Crippen LogP contribution in [0, 0.1) is 0 Å². The number of nitrogens with zero attached hydrogens (tertiary/aromatic N) is 2. The highest BCUT2D eigenvalue weighted by atomic mass is 16.6. The van der Waals surface area contributed by atoms with Gasteiger partial charge in [-0.05, 0) is 25.7 Å². The van der Waals surface area contributed by atoms with Crippen molar-refractivity contribution in [2.75, 3.05) is 26.3 Å². The molecule has 0 heterocycles. The van der Waals surface area contributed by atoms with Gasteiger partial charge in [-0.15, -0.1) is 0 Å². The second-order valence-corrected chi connectivity index (χ2v) is 5.45. The molecule has 0 rings (SSSR count). The minimum absolute atomic E-state index is 0.0163. The van der Waals surface area contributed by atoms with E-state index < -0.39 is 24.0 Å². The minimum Gasteiger partial charge on any atom is -0.461 e. The van der Waals surface area contributed by atoms with Crippen molar-refractivity contribution in [3.8, 4) is 0 Å². The highest BCUT2D eigenvalue weighted by Gasteiger charge is 2.16. The molecule has 0 aromatic rings. The van der Waals surface area contributed by atoms with Gasteiger partial charge in [-0.2, -0.15) is 0 Å². The summed E-state index contributed by atoms with van der Waals surface area (Å²) in [5.74, 6) is -1.21. The summed E-state index contributed by atoms with van der Waals surface area (Å²) < 4.78 is 9.85. The van der Waals surface area contributed by atoms with Gasteiger partial charge in [0.15, 0.2) is 11.9 Å². The SMILES string of the molecule is NC(N)=NCCC[C@H](N)C(=O)OCCOC(=O)[C@@H](N)CCCN=C(N)N. The van der Waals surface area contributed by atoms with Crippen molar-refractivity contribution in [1.29, 1.82) is 0 Å². The maximum Gasteiger partial charge on any atom is 0.323 e. The quantitative estimate of drug-likeness (QED) is 0.0818. The van der Waals surface area contributed by atoms with E-state index >= 15 is 0 Å². The highest BCUT2D eigenvalue weighted by Crippen LogP contribution is 2.00. The van der Waals surface area contributed by atoms with Crippen LogP contribution in [0.4, 0.5) is 0 Å². The van der Waals surface area contributed by atoms with Gasteiger partial charge in [0.25, 0.3) is 0 Å². The first-order chi connectivity index (χ1) is 12.2. The average molecular weight is 374 g/mol. The number of hydrogen-bond acceptors (Lipinski definition) is 8. The van der Waals surface area contributed by atoms with Crippen LogP contribution >= 0.6 is 0 Å². The second kappa shape index (κ2) is 13.7. The molecule has 12 heteroatoms. The number of carbonyl (C=O) groups is 2. The second-order valence-electron chi connectivity index (χ2n) is 5.45. The smallest absolute Gasteiger partial charge is 0.323 e. The van der Waals surface area contributed by atoms with Crippen LogP contribution in [-0.4, -0.2) is 62.2 Å². The number of guanidine groups is 2. The van der Waals surface area contributed by atoms with Crippen LogP contribution in [-0.2, 0) is 19.1 Å². The molecule has 0 fully saturated rings. The minimum atomic E-state index is -0.794. The molecule has 0 amide bonds. The Bertz CT molecular complexity index is 445. The third kappa shape index (κ3) is 12.8. The topological polar surface area (TPSA) is 233 Å². The zero-order valence-corrected chi connectivity index (χ0v) is 14.8. The van der Waals surface area contributed by atoms with Gasteiger partial charge in [-0.3, -0.25) is 19.6 Å². The van der Waals surface area contributed by atoms with Gasteiger partial charge in [0, 0.05) is 13.1 Å². The molecule has 0 saturated heterocycles. The number of aliphatic imine (C=N–C) groups is 2. The Labute approximate surface area is 152 Å². The molecule has 0 bridgehead atoms. The molecule has 0 aliphatic heterocycles. The van der Waals surface area contributed by atoms with Crippen LogP contribution in [0.3, 0.4) is 0 Å². The lowest BCUT2D eigenvalue weighted by Crippen LogP contribution is -2.35. The molecule has 2 atom stereocenters. The third-order valence-corrected chi connectivity index (χ3v) is 3.11. The van der Waals surface area contributed by atoms with Gasteiger partial charge in [0.2, 0.25) is 0 Å². The first kappa shape index (κ1) is 23.4. The van der Waals surface area contributed by atoms with Gasteiger partial charge in [0.05, 0.1) is 0 Å². The van der Waals surface area contributed by atoms with E-state index in [4.69, 9.17) is 43.9 Å². The van der Waals surface area contributed by atoms with Crippen molar-refractivity contribution in [2.24, 2.45) is 44.4 Å². The average Bonchev–Trinajstić information content (AvgIpc) is 2.58. The Morgan fingerprint density at radius 1 is 0.731 bits per heavy atom. The molecule has 0 aliphatic carbocycles. The lowest BCUT2D eigenvalue weighted by molar-refractivity contribution is -0.154. The summed E-state index contributed by atoms with van der Waals surface area (Å²) in [5, 5.41) is 0. The fourth-order valence-electron chi connectivity index (χ4n) is 1.77. The van der Waals surface area contributed by atoms with E-state index in [2.05, 4.69) is 9.98 Å². The Kier molecular flexibility index (Phi) is 12.3. The van der Waals surface area contributed by atoms with E-state index in [0.29, 0.717) is 38.8 Å². The van der Waals surface area contributed by atoms with E-state index in [1.807, 2.05) is 0 Å². The summed E-state index contributed by atoms with van der Waals surface area (Å²) in [6, 6.07) is -1.59. The van der Waals surface area contributed by atoms with E-state index in [1.165, 1.54) is 0 Å². The fraction of sp³-hybridized carbons (Fsp3) is 0.714. The van der Waals surface area contributed by atoms with E-state index in [-0.39, 0.29) is 25.1 Å². The zero-order chi connectivity index (χ0) is 19.9. The van der Waals surface area contributed by atoms with Crippen molar-refractivity contribution in [3.05, 3.63) is 0 Å².